The SMILES string of the molecule is [C-]#[N+]Cc1ccc(CCC2(C3CCCC3)CC(O)=C(Cc3nc4ncc(C)cn4n3)C(=O)O2)cc1CC. The maximum absolute atomic E-state index is 13.3. The van der Waals surface area contributed by atoms with Gasteiger partial charge in [-0.25, -0.2) is 20.9 Å². The Labute approximate surface area is 217 Å². The van der Waals surface area contributed by atoms with Gasteiger partial charge in [-0.15, -0.1) is 5.10 Å². The Kier molecular flexibility index (Phi) is 6.96. The lowest BCUT2D eigenvalue weighted by Gasteiger charge is -2.41. The van der Waals surface area contributed by atoms with Crippen LogP contribution in [0.2, 0.25) is 0 Å². The van der Waals surface area contributed by atoms with Crippen LogP contribution in [0, 0.1) is 19.4 Å². The molecule has 37 heavy (non-hydrogen) atoms. The van der Waals surface area contributed by atoms with Crippen molar-refractivity contribution in [1.29, 1.82) is 0 Å². The van der Waals surface area contributed by atoms with E-state index in [0.29, 0.717) is 31.0 Å². The number of fused-ring (bicyclic) bond motifs is 1. The summed E-state index contributed by atoms with van der Waals surface area (Å²) in [7, 11) is 0. The average Bonchev–Trinajstić information content (AvgIpc) is 3.56. The number of benzene rings is 1. The molecule has 1 aliphatic heterocycles. The second kappa shape index (κ2) is 10.3. The van der Waals surface area contributed by atoms with Crippen molar-refractivity contribution in [3.8, 4) is 0 Å². The first-order chi connectivity index (χ1) is 17.9. The highest BCUT2D eigenvalue weighted by Crippen LogP contribution is 2.46. The molecule has 2 aromatic heterocycles. The zero-order valence-electron chi connectivity index (χ0n) is 21.5. The largest absolute Gasteiger partial charge is 0.512 e. The summed E-state index contributed by atoms with van der Waals surface area (Å²) in [6, 6.07) is 6.31. The number of aryl methyl sites for hydroxylation is 3. The minimum absolute atomic E-state index is 0.0906. The number of aliphatic hydroxyl groups is 1. The molecule has 5 rings (SSSR count). The van der Waals surface area contributed by atoms with Gasteiger partial charge in [0.05, 0.1) is 5.57 Å². The van der Waals surface area contributed by atoms with E-state index in [1.807, 2.05) is 13.1 Å². The lowest BCUT2D eigenvalue weighted by Crippen LogP contribution is -2.46. The third-order valence-electron chi connectivity index (χ3n) is 7.90. The van der Waals surface area contributed by atoms with E-state index in [9.17, 15) is 9.90 Å². The fraction of sp³-hybridized carbons (Fsp3) is 0.483. The molecule has 0 bridgehead atoms. The molecular formula is C29H33N5O3. The lowest BCUT2D eigenvalue weighted by atomic mass is 9.76. The maximum Gasteiger partial charge on any atom is 0.338 e. The van der Waals surface area contributed by atoms with Crippen LogP contribution >= 0.6 is 0 Å². The Morgan fingerprint density at radius 1 is 1.27 bits per heavy atom. The Morgan fingerprint density at radius 2 is 2.08 bits per heavy atom. The molecule has 0 saturated heterocycles. The van der Waals surface area contributed by atoms with Gasteiger partial charge < -0.3 is 14.7 Å². The Hall–Kier alpha value is -3.73. The summed E-state index contributed by atoms with van der Waals surface area (Å²) >= 11 is 0. The van der Waals surface area contributed by atoms with E-state index >= 15 is 0 Å². The number of rotatable bonds is 8. The zero-order chi connectivity index (χ0) is 26.0. The lowest BCUT2D eigenvalue weighted by molar-refractivity contribution is -0.167. The number of aromatic nitrogens is 4. The van der Waals surface area contributed by atoms with E-state index in [2.05, 4.69) is 45.0 Å². The first-order valence-corrected chi connectivity index (χ1v) is 13.2. The van der Waals surface area contributed by atoms with Gasteiger partial charge in [0.2, 0.25) is 6.54 Å². The molecule has 1 fully saturated rings. The molecule has 8 nitrogen and oxygen atoms in total. The van der Waals surface area contributed by atoms with Crippen molar-refractivity contribution in [1.82, 2.24) is 19.6 Å². The van der Waals surface area contributed by atoms with E-state index in [1.165, 1.54) is 11.1 Å². The fourth-order valence-corrected chi connectivity index (χ4v) is 5.90. The molecule has 192 valence electrons. The van der Waals surface area contributed by atoms with Crippen LogP contribution in [-0.4, -0.2) is 36.3 Å². The fourth-order valence-electron chi connectivity index (χ4n) is 5.90. The quantitative estimate of drug-likeness (QED) is 0.335. The minimum Gasteiger partial charge on any atom is -0.512 e. The Bertz CT molecular complexity index is 1400. The predicted molar refractivity (Wildman–Crippen MR) is 139 cm³/mol. The van der Waals surface area contributed by atoms with Gasteiger partial charge in [0, 0.05) is 30.8 Å². The van der Waals surface area contributed by atoms with Crippen molar-refractivity contribution in [3.63, 3.8) is 0 Å². The molecule has 1 aliphatic carbocycles. The first kappa shape index (κ1) is 24.9. The summed E-state index contributed by atoms with van der Waals surface area (Å²) < 4.78 is 7.86. The van der Waals surface area contributed by atoms with E-state index < -0.39 is 11.6 Å². The zero-order valence-corrected chi connectivity index (χ0v) is 21.5. The highest BCUT2D eigenvalue weighted by molar-refractivity contribution is 5.90. The molecule has 0 spiro atoms. The van der Waals surface area contributed by atoms with Gasteiger partial charge in [-0.2, -0.15) is 4.98 Å². The standard InChI is InChI=1S/C29H33N5O3/c1-4-21-13-20(9-10-22(21)17-30-3)11-12-29(23-7-5-6-8-23)15-25(35)24(27(36)37-29)14-26-32-28-31-16-19(2)18-34(28)33-26/h9-10,13,16,18,23,35H,4-8,11-12,14-15,17H2,1-2H3. The van der Waals surface area contributed by atoms with Crippen LogP contribution in [0.4, 0.5) is 0 Å². The number of hydrogen-bond acceptors (Lipinski definition) is 6. The summed E-state index contributed by atoms with van der Waals surface area (Å²) in [6.45, 7) is 11.6. The van der Waals surface area contributed by atoms with E-state index in [4.69, 9.17) is 11.3 Å². The van der Waals surface area contributed by atoms with Crippen LogP contribution in [0.25, 0.3) is 10.6 Å². The number of nitrogens with zero attached hydrogens (tertiary/aromatic N) is 5. The highest BCUT2D eigenvalue weighted by atomic mass is 16.6. The van der Waals surface area contributed by atoms with Crippen LogP contribution in [-0.2, 0) is 35.3 Å². The summed E-state index contributed by atoms with van der Waals surface area (Å²) in [5, 5.41) is 15.6. The van der Waals surface area contributed by atoms with Crippen LogP contribution in [0.3, 0.4) is 0 Å². The van der Waals surface area contributed by atoms with Gasteiger partial charge in [0.1, 0.15) is 11.4 Å². The summed E-state index contributed by atoms with van der Waals surface area (Å²) in [4.78, 5) is 25.6. The maximum atomic E-state index is 13.3. The van der Waals surface area contributed by atoms with Crippen LogP contribution in [0.15, 0.2) is 41.9 Å². The molecule has 3 heterocycles. The van der Waals surface area contributed by atoms with Gasteiger partial charge >= 0.3 is 5.97 Å². The number of ether oxygens (including phenoxy) is 1. The molecule has 0 amide bonds. The summed E-state index contributed by atoms with van der Waals surface area (Å²) in [5.41, 5.74) is 3.92. The molecule has 1 atom stereocenters. The van der Waals surface area contributed by atoms with Gasteiger partial charge in [-0.1, -0.05) is 38.0 Å². The van der Waals surface area contributed by atoms with Gasteiger partial charge in [-0.3, -0.25) is 0 Å². The third kappa shape index (κ3) is 5.08. The molecule has 2 aliphatic rings. The van der Waals surface area contributed by atoms with E-state index in [-0.39, 0.29) is 23.7 Å². The van der Waals surface area contributed by atoms with Crippen molar-refractivity contribution >= 4 is 11.7 Å². The minimum atomic E-state index is -0.715. The molecule has 1 N–H and O–H groups in total. The van der Waals surface area contributed by atoms with Crippen molar-refractivity contribution in [2.24, 2.45) is 5.92 Å². The molecule has 1 unspecified atom stereocenters. The first-order valence-electron chi connectivity index (χ1n) is 13.2. The molecule has 8 heteroatoms. The summed E-state index contributed by atoms with van der Waals surface area (Å²) in [6.07, 6.45) is 10.5. The van der Waals surface area contributed by atoms with Crippen molar-refractivity contribution < 1.29 is 14.6 Å². The topological polar surface area (TPSA) is 94.0 Å². The van der Waals surface area contributed by atoms with Crippen LogP contribution in [0.1, 0.15) is 73.5 Å². The molecular weight excluding hydrogens is 466 g/mol. The average molecular weight is 500 g/mol. The number of aliphatic hydroxyl groups excluding tert-OH is 1. The Morgan fingerprint density at radius 3 is 2.81 bits per heavy atom. The van der Waals surface area contributed by atoms with Gasteiger partial charge in [0.15, 0.2) is 5.82 Å². The third-order valence-corrected chi connectivity index (χ3v) is 7.90. The smallest absolute Gasteiger partial charge is 0.338 e. The highest BCUT2D eigenvalue weighted by Gasteiger charge is 2.48. The number of carbonyl (C=O) groups excluding carboxylic acids is 1. The molecule has 0 radical (unpaired) electrons. The molecule has 1 aromatic carbocycles. The van der Waals surface area contributed by atoms with Crippen molar-refractivity contribution in [2.45, 2.75) is 83.8 Å². The molecule has 1 saturated carbocycles. The predicted octanol–water partition coefficient (Wildman–Crippen LogP) is 5.28. The monoisotopic (exact) mass is 499 g/mol. The number of cyclic esters (lactones) is 1. The second-order valence-corrected chi connectivity index (χ2v) is 10.4. The molecule has 3 aromatic rings. The number of carbonyl (C=O) groups is 1. The summed E-state index contributed by atoms with van der Waals surface area (Å²) in [5.74, 6) is 0.733. The number of hydrogen-bond donors (Lipinski definition) is 1. The van der Waals surface area contributed by atoms with Crippen LogP contribution in [0.5, 0.6) is 0 Å². The van der Waals surface area contributed by atoms with Crippen LogP contribution < -0.4 is 0 Å². The van der Waals surface area contributed by atoms with Gasteiger partial charge in [0.25, 0.3) is 5.78 Å². The van der Waals surface area contributed by atoms with Crippen molar-refractivity contribution in [2.75, 3.05) is 0 Å². The number of esters is 1. The van der Waals surface area contributed by atoms with E-state index in [1.54, 1.807) is 10.7 Å². The second-order valence-electron chi connectivity index (χ2n) is 10.4. The van der Waals surface area contributed by atoms with Gasteiger partial charge in [-0.05, 0) is 61.6 Å². The van der Waals surface area contributed by atoms with E-state index in [0.717, 1.165) is 49.7 Å². The normalized spacial score (nSPS) is 20.4. The Balaban J connectivity index is 1.38. The van der Waals surface area contributed by atoms with Crippen molar-refractivity contribution in [3.05, 3.63) is 81.4 Å².